The molecule has 3 rings (SSSR count). The number of carbonyl (C=O) groups is 2. The minimum absolute atomic E-state index is 0.388. The van der Waals surface area contributed by atoms with Crippen LogP contribution in [0.5, 0.6) is 0 Å². The zero-order chi connectivity index (χ0) is 19.6. The van der Waals surface area contributed by atoms with Gasteiger partial charge in [0, 0.05) is 5.56 Å². The van der Waals surface area contributed by atoms with Gasteiger partial charge in [-0.3, -0.25) is 9.59 Å². The van der Waals surface area contributed by atoms with Crippen molar-refractivity contribution in [3.8, 4) is 5.69 Å². The van der Waals surface area contributed by atoms with Crippen LogP contribution in [0.4, 0.5) is 0 Å². The van der Waals surface area contributed by atoms with E-state index in [4.69, 9.17) is 17.3 Å². The number of benzene rings is 2. The number of nitrogens with zero attached hydrogens (tertiary/aromatic N) is 2. The van der Waals surface area contributed by atoms with Gasteiger partial charge in [0.1, 0.15) is 6.04 Å². The highest BCUT2D eigenvalue weighted by atomic mass is 35.5. The molecule has 0 saturated carbocycles. The largest absolute Gasteiger partial charge is 0.368 e. The predicted molar refractivity (Wildman–Crippen MR) is 104 cm³/mol. The highest BCUT2D eigenvalue weighted by Crippen LogP contribution is 2.22. The van der Waals surface area contributed by atoms with Crippen LogP contribution < -0.4 is 11.1 Å². The molecule has 7 heteroatoms. The van der Waals surface area contributed by atoms with Crippen molar-refractivity contribution in [3.63, 3.8) is 0 Å². The van der Waals surface area contributed by atoms with Crippen molar-refractivity contribution in [2.75, 3.05) is 0 Å². The molecule has 27 heavy (non-hydrogen) atoms. The fraction of sp³-hybridized carbons (Fsp3) is 0.150. The molecule has 138 valence electrons. The zero-order valence-corrected chi connectivity index (χ0v) is 15.7. The fourth-order valence-electron chi connectivity index (χ4n) is 2.81. The van der Waals surface area contributed by atoms with Crippen LogP contribution in [-0.2, 0) is 4.79 Å². The molecule has 0 bridgehead atoms. The van der Waals surface area contributed by atoms with E-state index in [-0.39, 0.29) is 5.91 Å². The summed E-state index contributed by atoms with van der Waals surface area (Å²) in [6.07, 6.45) is 0. The van der Waals surface area contributed by atoms with Crippen molar-refractivity contribution >= 4 is 23.4 Å². The van der Waals surface area contributed by atoms with Crippen LogP contribution in [0.25, 0.3) is 5.69 Å². The smallest absolute Gasteiger partial charge is 0.252 e. The van der Waals surface area contributed by atoms with Gasteiger partial charge in [0.25, 0.3) is 5.91 Å². The zero-order valence-electron chi connectivity index (χ0n) is 14.9. The highest BCUT2D eigenvalue weighted by molar-refractivity contribution is 6.31. The topological polar surface area (TPSA) is 90.0 Å². The van der Waals surface area contributed by atoms with Gasteiger partial charge in [-0.25, -0.2) is 4.68 Å². The Hall–Kier alpha value is -3.12. The number of aryl methyl sites for hydroxylation is 1. The summed E-state index contributed by atoms with van der Waals surface area (Å²) >= 11 is 6.18. The lowest BCUT2D eigenvalue weighted by atomic mass is 10.1. The molecular weight excluding hydrogens is 364 g/mol. The van der Waals surface area contributed by atoms with Crippen LogP contribution in [0.15, 0.2) is 54.6 Å². The van der Waals surface area contributed by atoms with Gasteiger partial charge in [-0.2, -0.15) is 5.10 Å². The minimum atomic E-state index is -0.895. The van der Waals surface area contributed by atoms with Gasteiger partial charge in [-0.1, -0.05) is 41.9 Å². The second-order valence-corrected chi connectivity index (χ2v) is 6.54. The van der Waals surface area contributed by atoms with E-state index in [9.17, 15) is 9.59 Å². The predicted octanol–water partition coefficient (Wildman–Crippen LogP) is 3.10. The molecular formula is C20H19ClN4O2. The van der Waals surface area contributed by atoms with E-state index >= 15 is 0 Å². The van der Waals surface area contributed by atoms with Crippen LogP contribution in [-0.4, -0.2) is 21.6 Å². The number of aromatic nitrogens is 2. The maximum Gasteiger partial charge on any atom is 0.252 e. The third kappa shape index (κ3) is 3.85. The van der Waals surface area contributed by atoms with Crippen molar-refractivity contribution in [1.82, 2.24) is 15.1 Å². The molecule has 2 amide bonds. The molecule has 0 saturated heterocycles. The normalized spacial score (nSPS) is 11.8. The van der Waals surface area contributed by atoms with Gasteiger partial charge in [-0.05, 0) is 43.7 Å². The molecule has 3 N–H and O–H groups in total. The Morgan fingerprint density at radius 1 is 1.07 bits per heavy atom. The van der Waals surface area contributed by atoms with Crippen LogP contribution in [0.1, 0.15) is 33.4 Å². The van der Waals surface area contributed by atoms with Crippen molar-refractivity contribution in [3.05, 3.63) is 82.1 Å². The van der Waals surface area contributed by atoms with E-state index in [2.05, 4.69) is 10.4 Å². The van der Waals surface area contributed by atoms with E-state index in [1.165, 1.54) is 0 Å². The molecule has 1 aromatic heterocycles. The standard InChI is InChI=1S/C20H19ClN4O2/c1-12-17(21)13(2)25(24-12)16-10-8-15(9-11-16)20(27)23-18(19(22)26)14-6-4-3-5-7-14/h3-11,18H,1-2H3,(H2,22,26)(H,23,27). The number of hydrogen-bond donors (Lipinski definition) is 2. The molecule has 0 fully saturated rings. The third-order valence-corrected chi connectivity index (χ3v) is 4.82. The first-order valence-corrected chi connectivity index (χ1v) is 8.73. The summed E-state index contributed by atoms with van der Waals surface area (Å²) in [5, 5.41) is 7.68. The monoisotopic (exact) mass is 382 g/mol. The second kappa shape index (κ2) is 7.63. The number of nitrogens with two attached hydrogens (primary N) is 1. The van der Waals surface area contributed by atoms with Gasteiger partial charge < -0.3 is 11.1 Å². The number of halogens is 1. The average molecular weight is 383 g/mol. The quantitative estimate of drug-likeness (QED) is 0.710. The van der Waals surface area contributed by atoms with Gasteiger partial charge in [0.2, 0.25) is 5.91 Å². The lowest BCUT2D eigenvalue weighted by molar-refractivity contribution is -0.120. The Labute approximate surface area is 161 Å². The fourth-order valence-corrected chi connectivity index (χ4v) is 2.93. The summed E-state index contributed by atoms with van der Waals surface area (Å²) in [6, 6.07) is 14.9. The lowest BCUT2D eigenvalue weighted by Gasteiger charge is -2.16. The van der Waals surface area contributed by atoms with E-state index in [1.54, 1.807) is 53.2 Å². The molecule has 0 aliphatic carbocycles. The van der Waals surface area contributed by atoms with E-state index in [0.29, 0.717) is 16.1 Å². The van der Waals surface area contributed by atoms with E-state index in [1.807, 2.05) is 19.9 Å². The maximum absolute atomic E-state index is 12.5. The number of amides is 2. The van der Waals surface area contributed by atoms with Crippen LogP contribution in [0.3, 0.4) is 0 Å². The van der Waals surface area contributed by atoms with Crippen LogP contribution in [0, 0.1) is 13.8 Å². The second-order valence-electron chi connectivity index (χ2n) is 6.16. The average Bonchev–Trinajstić information content (AvgIpc) is 2.94. The third-order valence-electron chi connectivity index (χ3n) is 4.27. The molecule has 0 aliphatic heterocycles. The van der Waals surface area contributed by atoms with E-state index in [0.717, 1.165) is 17.1 Å². The Bertz CT molecular complexity index is 981. The Morgan fingerprint density at radius 3 is 2.22 bits per heavy atom. The van der Waals surface area contributed by atoms with Gasteiger partial charge in [0.15, 0.2) is 0 Å². The molecule has 0 radical (unpaired) electrons. The molecule has 6 nitrogen and oxygen atoms in total. The summed E-state index contributed by atoms with van der Waals surface area (Å²) in [5.74, 6) is -1.01. The van der Waals surface area contributed by atoms with Gasteiger partial charge in [0.05, 0.1) is 22.1 Å². The first-order valence-electron chi connectivity index (χ1n) is 8.35. The van der Waals surface area contributed by atoms with Crippen molar-refractivity contribution in [2.45, 2.75) is 19.9 Å². The summed E-state index contributed by atoms with van der Waals surface area (Å²) in [5.41, 5.74) is 8.84. The van der Waals surface area contributed by atoms with Gasteiger partial charge >= 0.3 is 0 Å². The Balaban J connectivity index is 1.81. The Kier molecular flexibility index (Phi) is 5.28. The molecule has 0 aliphatic rings. The number of hydrogen-bond acceptors (Lipinski definition) is 3. The number of carbonyl (C=O) groups excluding carboxylic acids is 2. The summed E-state index contributed by atoms with van der Waals surface area (Å²) in [7, 11) is 0. The van der Waals surface area contributed by atoms with Crippen LogP contribution in [0.2, 0.25) is 5.02 Å². The Morgan fingerprint density at radius 2 is 1.70 bits per heavy atom. The van der Waals surface area contributed by atoms with Crippen molar-refractivity contribution < 1.29 is 9.59 Å². The molecule has 2 aromatic carbocycles. The molecule has 0 spiro atoms. The first-order chi connectivity index (χ1) is 12.9. The SMILES string of the molecule is Cc1nn(-c2ccc(C(=O)NC(C(N)=O)c3ccccc3)cc2)c(C)c1Cl. The molecule has 1 unspecified atom stereocenters. The lowest BCUT2D eigenvalue weighted by Crippen LogP contribution is -2.37. The summed E-state index contributed by atoms with van der Waals surface area (Å²) in [6.45, 7) is 3.71. The number of primary amides is 1. The maximum atomic E-state index is 12.5. The first kappa shape index (κ1) is 18.7. The van der Waals surface area contributed by atoms with Crippen molar-refractivity contribution in [1.29, 1.82) is 0 Å². The van der Waals surface area contributed by atoms with Crippen LogP contribution >= 0.6 is 11.6 Å². The van der Waals surface area contributed by atoms with E-state index < -0.39 is 11.9 Å². The number of nitrogens with one attached hydrogen (secondary N) is 1. The molecule has 1 heterocycles. The molecule has 3 aromatic rings. The summed E-state index contributed by atoms with van der Waals surface area (Å²) < 4.78 is 1.72. The number of rotatable bonds is 5. The van der Waals surface area contributed by atoms with Crippen molar-refractivity contribution in [2.24, 2.45) is 5.73 Å². The molecule has 1 atom stereocenters. The minimum Gasteiger partial charge on any atom is -0.368 e. The summed E-state index contributed by atoms with van der Waals surface area (Å²) in [4.78, 5) is 24.3. The van der Waals surface area contributed by atoms with Gasteiger partial charge in [-0.15, -0.1) is 0 Å². The highest BCUT2D eigenvalue weighted by Gasteiger charge is 2.21.